The van der Waals surface area contributed by atoms with Crippen LogP contribution in [-0.2, 0) is 6.54 Å². The third-order valence-corrected chi connectivity index (χ3v) is 3.79. The highest BCUT2D eigenvalue weighted by atomic mass is 32.2. The van der Waals surface area contributed by atoms with E-state index in [1.807, 2.05) is 12.1 Å². The lowest BCUT2D eigenvalue weighted by Gasteiger charge is -2.13. The monoisotopic (exact) mass is 258 g/mol. The quantitative estimate of drug-likeness (QED) is 0.829. The molecule has 18 heavy (non-hydrogen) atoms. The number of benzene rings is 2. The number of hydrogen-bond donors (Lipinski definition) is 2. The molecule has 2 aromatic rings. The first-order chi connectivity index (χ1) is 8.74. The third-order valence-electron chi connectivity index (χ3n) is 3.05. The van der Waals surface area contributed by atoms with Crippen LogP contribution in [0, 0.1) is 0 Å². The van der Waals surface area contributed by atoms with Crippen LogP contribution < -0.4 is 11.5 Å². The molecule has 94 valence electrons. The first-order valence-corrected chi connectivity index (χ1v) is 7.15. The Morgan fingerprint density at radius 2 is 1.44 bits per heavy atom. The molecule has 0 saturated heterocycles. The summed E-state index contributed by atoms with van der Waals surface area (Å²) in [6, 6.07) is 16.5. The predicted molar refractivity (Wildman–Crippen MR) is 78.6 cm³/mol. The zero-order valence-corrected chi connectivity index (χ0v) is 11.3. The highest BCUT2D eigenvalue weighted by molar-refractivity contribution is 7.98. The van der Waals surface area contributed by atoms with Crippen molar-refractivity contribution in [1.29, 1.82) is 0 Å². The summed E-state index contributed by atoms with van der Waals surface area (Å²) >= 11 is 1.74. The molecule has 4 N–H and O–H groups in total. The van der Waals surface area contributed by atoms with Crippen LogP contribution in [0.3, 0.4) is 0 Å². The minimum absolute atomic E-state index is 0.0762. The van der Waals surface area contributed by atoms with Crippen molar-refractivity contribution in [2.24, 2.45) is 11.5 Å². The summed E-state index contributed by atoms with van der Waals surface area (Å²) in [5, 5.41) is 0. The summed E-state index contributed by atoms with van der Waals surface area (Å²) < 4.78 is 0. The van der Waals surface area contributed by atoms with Crippen LogP contribution in [0.5, 0.6) is 0 Å². The lowest BCUT2D eigenvalue weighted by atomic mass is 9.99. The Balaban J connectivity index is 2.20. The van der Waals surface area contributed by atoms with E-state index in [9.17, 15) is 0 Å². The molecule has 1 atom stereocenters. The zero-order valence-electron chi connectivity index (χ0n) is 10.5. The molecule has 0 heterocycles. The Morgan fingerprint density at radius 3 is 1.89 bits per heavy atom. The number of thioether (sulfide) groups is 1. The summed E-state index contributed by atoms with van der Waals surface area (Å²) in [6.07, 6.45) is 2.07. The van der Waals surface area contributed by atoms with Crippen molar-refractivity contribution < 1.29 is 0 Å². The van der Waals surface area contributed by atoms with Crippen LogP contribution in [0.4, 0.5) is 0 Å². The summed E-state index contributed by atoms with van der Waals surface area (Å²) in [4.78, 5) is 1.25. The molecule has 0 fully saturated rings. The van der Waals surface area contributed by atoms with Gasteiger partial charge in [0.1, 0.15) is 0 Å². The third kappa shape index (κ3) is 2.93. The summed E-state index contributed by atoms with van der Waals surface area (Å²) in [6.45, 7) is 0.567. The molecule has 2 aromatic carbocycles. The Kier molecular flexibility index (Phi) is 4.42. The maximum absolute atomic E-state index is 6.26. The Bertz CT molecular complexity index is 443. The normalized spacial score (nSPS) is 12.4. The van der Waals surface area contributed by atoms with Gasteiger partial charge in [-0.25, -0.2) is 0 Å². The molecule has 0 aromatic heterocycles. The Labute approximate surface area is 112 Å². The first kappa shape index (κ1) is 13.1. The van der Waals surface area contributed by atoms with E-state index in [2.05, 4.69) is 42.7 Å². The van der Waals surface area contributed by atoms with Gasteiger partial charge in [0.2, 0.25) is 0 Å². The van der Waals surface area contributed by atoms with Gasteiger partial charge in [-0.2, -0.15) is 0 Å². The second-order valence-electron chi connectivity index (χ2n) is 4.20. The second kappa shape index (κ2) is 6.05. The fraction of sp³-hybridized carbons (Fsp3) is 0.200. The van der Waals surface area contributed by atoms with E-state index in [1.165, 1.54) is 4.90 Å². The summed E-state index contributed by atoms with van der Waals surface area (Å²) in [5.41, 5.74) is 15.2. The van der Waals surface area contributed by atoms with Crippen LogP contribution in [0.15, 0.2) is 53.4 Å². The van der Waals surface area contributed by atoms with Gasteiger partial charge in [-0.3, -0.25) is 0 Å². The molecule has 1 unspecified atom stereocenters. The van der Waals surface area contributed by atoms with Crippen molar-refractivity contribution in [3.8, 4) is 0 Å². The number of rotatable bonds is 4. The van der Waals surface area contributed by atoms with E-state index in [4.69, 9.17) is 11.5 Å². The van der Waals surface area contributed by atoms with Crippen LogP contribution in [0.1, 0.15) is 22.7 Å². The number of hydrogen-bond acceptors (Lipinski definition) is 3. The average Bonchev–Trinajstić information content (AvgIpc) is 2.47. The van der Waals surface area contributed by atoms with Gasteiger partial charge in [0.15, 0.2) is 0 Å². The fourth-order valence-electron chi connectivity index (χ4n) is 1.86. The van der Waals surface area contributed by atoms with Crippen molar-refractivity contribution in [1.82, 2.24) is 0 Å². The SMILES string of the molecule is CSc1ccc(C(N)c2ccc(CN)cc2)cc1. The first-order valence-electron chi connectivity index (χ1n) is 5.93. The van der Waals surface area contributed by atoms with Gasteiger partial charge in [0.25, 0.3) is 0 Å². The van der Waals surface area contributed by atoms with E-state index in [0.29, 0.717) is 6.54 Å². The van der Waals surface area contributed by atoms with E-state index in [-0.39, 0.29) is 6.04 Å². The van der Waals surface area contributed by atoms with Crippen LogP contribution >= 0.6 is 11.8 Å². The minimum atomic E-state index is -0.0762. The van der Waals surface area contributed by atoms with Gasteiger partial charge in [-0.05, 0) is 35.1 Å². The fourth-order valence-corrected chi connectivity index (χ4v) is 2.27. The van der Waals surface area contributed by atoms with E-state index in [0.717, 1.165) is 16.7 Å². The van der Waals surface area contributed by atoms with Crippen molar-refractivity contribution in [3.63, 3.8) is 0 Å². The molecule has 0 aliphatic carbocycles. The average molecular weight is 258 g/mol. The van der Waals surface area contributed by atoms with Gasteiger partial charge in [0, 0.05) is 11.4 Å². The van der Waals surface area contributed by atoms with E-state index >= 15 is 0 Å². The molecule has 0 radical (unpaired) electrons. The topological polar surface area (TPSA) is 52.0 Å². The van der Waals surface area contributed by atoms with Gasteiger partial charge in [-0.15, -0.1) is 11.8 Å². The molecule has 0 spiro atoms. The summed E-state index contributed by atoms with van der Waals surface area (Å²) in [7, 11) is 0. The zero-order chi connectivity index (χ0) is 13.0. The minimum Gasteiger partial charge on any atom is -0.326 e. The van der Waals surface area contributed by atoms with E-state index in [1.54, 1.807) is 11.8 Å². The van der Waals surface area contributed by atoms with Crippen molar-refractivity contribution in [2.45, 2.75) is 17.5 Å². The second-order valence-corrected chi connectivity index (χ2v) is 5.08. The molecule has 0 aliphatic heterocycles. The molecule has 0 aliphatic rings. The van der Waals surface area contributed by atoms with Gasteiger partial charge in [-0.1, -0.05) is 36.4 Å². The van der Waals surface area contributed by atoms with Gasteiger partial charge in [0.05, 0.1) is 6.04 Å². The van der Waals surface area contributed by atoms with Crippen molar-refractivity contribution >= 4 is 11.8 Å². The predicted octanol–water partition coefficient (Wildman–Crippen LogP) is 2.92. The maximum atomic E-state index is 6.26. The van der Waals surface area contributed by atoms with Gasteiger partial charge >= 0.3 is 0 Å². The molecule has 0 saturated carbocycles. The Morgan fingerprint density at radius 1 is 0.944 bits per heavy atom. The maximum Gasteiger partial charge on any atom is 0.0551 e. The smallest absolute Gasteiger partial charge is 0.0551 e. The standard InChI is InChI=1S/C15H18N2S/c1-18-14-8-6-13(7-9-14)15(17)12-4-2-11(10-16)3-5-12/h2-9,15H,10,16-17H2,1H3. The highest BCUT2D eigenvalue weighted by Crippen LogP contribution is 2.22. The van der Waals surface area contributed by atoms with Crippen LogP contribution in [0.2, 0.25) is 0 Å². The lowest BCUT2D eigenvalue weighted by Crippen LogP contribution is -2.11. The molecule has 2 nitrogen and oxygen atoms in total. The molecule has 0 amide bonds. The molecule has 3 heteroatoms. The Hall–Kier alpha value is -1.29. The lowest BCUT2D eigenvalue weighted by molar-refractivity contribution is 0.867. The molecule has 0 bridgehead atoms. The summed E-state index contributed by atoms with van der Waals surface area (Å²) in [5.74, 6) is 0. The van der Waals surface area contributed by atoms with Crippen molar-refractivity contribution in [2.75, 3.05) is 6.26 Å². The van der Waals surface area contributed by atoms with Crippen molar-refractivity contribution in [3.05, 3.63) is 65.2 Å². The molecular weight excluding hydrogens is 240 g/mol. The largest absolute Gasteiger partial charge is 0.326 e. The number of nitrogens with two attached hydrogens (primary N) is 2. The van der Waals surface area contributed by atoms with Crippen LogP contribution in [-0.4, -0.2) is 6.26 Å². The van der Waals surface area contributed by atoms with Gasteiger partial charge < -0.3 is 11.5 Å². The molecular formula is C15H18N2S. The van der Waals surface area contributed by atoms with Crippen LogP contribution in [0.25, 0.3) is 0 Å². The molecule has 2 rings (SSSR count). The highest BCUT2D eigenvalue weighted by Gasteiger charge is 2.08. The van der Waals surface area contributed by atoms with E-state index < -0.39 is 0 Å².